The summed E-state index contributed by atoms with van der Waals surface area (Å²) >= 11 is 1.47. The first-order valence-corrected chi connectivity index (χ1v) is 11.2. The molecule has 1 fully saturated rings. The first-order valence-electron chi connectivity index (χ1n) is 8.92. The zero-order chi connectivity index (χ0) is 20.6. The number of fused-ring (bicyclic) bond motifs is 1. The minimum atomic E-state index is -3.78. The fourth-order valence-corrected chi connectivity index (χ4v) is 5.35. The van der Waals surface area contributed by atoms with Crippen LogP contribution in [0.4, 0.5) is 17.1 Å². The summed E-state index contributed by atoms with van der Waals surface area (Å²) in [7, 11) is -1.86. The topological polar surface area (TPSA) is 109 Å². The van der Waals surface area contributed by atoms with Gasteiger partial charge in [0.1, 0.15) is 5.69 Å². The number of rotatable bonds is 5. The number of hydrogen-bond donors (Lipinski definition) is 1. The van der Waals surface area contributed by atoms with Crippen LogP contribution >= 0.6 is 11.3 Å². The Kier molecular flexibility index (Phi) is 5.21. The van der Waals surface area contributed by atoms with Crippen molar-refractivity contribution in [2.45, 2.75) is 4.90 Å². The van der Waals surface area contributed by atoms with Crippen LogP contribution in [0.2, 0.25) is 0 Å². The Morgan fingerprint density at radius 2 is 1.90 bits per heavy atom. The first-order chi connectivity index (χ1) is 13.8. The molecule has 0 bridgehead atoms. The Morgan fingerprint density at radius 1 is 1.14 bits per heavy atom. The zero-order valence-corrected chi connectivity index (χ0v) is 17.2. The second-order valence-corrected chi connectivity index (χ2v) is 9.63. The van der Waals surface area contributed by atoms with Gasteiger partial charge in [0, 0.05) is 37.9 Å². The lowest BCUT2D eigenvalue weighted by atomic mass is 10.2. The molecule has 2 aromatic carbocycles. The Labute approximate surface area is 171 Å². The number of benzene rings is 2. The number of piperazine rings is 1. The molecule has 0 amide bonds. The summed E-state index contributed by atoms with van der Waals surface area (Å²) in [6.45, 7) is 1.98. The van der Waals surface area contributed by atoms with E-state index < -0.39 is 14.9 Å². The number of thiazole rings is 1. The van der Waals surface area contributed by atoms with Crippen molar-refractivity contribution in [3.05, 3.63) is 52.0 Å². The van der Waals surface area contributed by atoms with Gasteiger partial charge < -0.3 is 10.2 Å². The quantitative estimate of drug-likeness (QED) is 0.487. The molecule has 0 saturated carbocycles. The highest BCUT2D eigenvalue weighted by Crippen LogP contribution is 2.32. The van der Waals surface area contributed by atoms with Crippen LogP contribution < -0.4 is 5.32 Å². The average molecular weight is 434 g/mol. The van der Waals surface area contributed by atoms with Gasteiger partial charge in [-0.15, -0.1) is 11.3 Å². The van der Waals surface area contributed by atoms with Crippen LogP contribution in [0, 0.1) is 10.1 Å². The minimum Gasteiger partial charge on any atom is -0.350 e. The Hall–Kier alpha value is -2.60. The van der Waals surface area contributed by atoms with Gasteiger partial charge in [0.05, 0.1) is 25.5 Å². The fraction of sp³-hybridized carbons (Fsp3) is 0.278. The van der Waals surface area contributed by atoms with E-state index >= 15 is 0 Å². The molecule has 1 aliphatic heterocycles. The summed E-state index contributed by atoms with van der Waals surface area (Å²) in [6, 6.07) is 9.44. The number of nitro benzene ring substituents is 1. The fourth-order valence-electron chi connectivity index (χ4n) is 3.19. The van der Waals surface area contributed by atoms with E-state index in [-0.39, 0.29) is 16.3 Å². The molecule has 0 atom stereocenters. The lowest BCUT2D eigenvalue weighted by Gasteiger charge is -2.31. The molecule has 3 aromatic rings. The molecule has 152 valence electrons. The van der Waals surface area contributed by atoms with Crippen LogP contribution in [0.5, 0.6) is 0 Å². The maximum atomic E-state index is 12.9. The molecule has 11 heteroatoms. The van der Waals surface area contributed by atoms with Crippen molar-refractivity contribution in [2.75, 3.05) is 38.5 Å². The molecule has 0 unspecified atom stereocenters. The Bertz CT molecular complexity index is 1170. The third-order valence-electron chi connectivity index (χ3n) is 4.88. The first kappa shape index (κ1) is 19.7. The third-order valence-corrected chi connectivity index (χ3v) is 7.56. The second-order valence-electron chi connectivity index (χ2n) is 6.80. The molecule has 1 N–H and O–H groups in total. The maximum Gasteiger partial charge on any atom is 0.294 e. The molecule has 1 saturated heterocycles. The molecule has 9 nitrogen and oxygen atoms in total. The van der Waals surface area contributed by atoms with Crippen molar-refractivity contribution in [3.8, 4) is 0 Å². The van der Waals surface area contributed by atoms with Gasteiger partial charge in [-0.05, 0) is 37.4 Å². The minimum absolute atomic E-state index is 0.0720. The van der Waals surface area contributed by atoms with Gasteiger partial charge in [-0.2, -0.15) is 4.31 Å². The molecule has 0 radical (unpaired) electrons. The van der Waals surface area contributed by atoms with E-state index in [9.17, 15) is 18.5 Å². The number of sulfonamides is 1. The van der Waals surface area contributed by atoms with Crippen molar-refractivity contribution in [1.82, 2.24) is 14.2 Å². The largest absolute Gasteiger partial charge is 0.350 e. The monoisotopic (exact) mass is 433 g/mol. The normalized spacial score (nSPS) is 16.2. The second kappa shape index (κ2) is 7.67. The molecule has 1 aromatic heterocycles. The standard InChI is InChI=1S/C18H19N5O4S2/c1-21-6-8-22(9-7-21)29(26,27)14-3-5-15(17(11-14)23(24)25)20-13-2-4-16-18(10-13)28-12-19-16/h2-5,10-12,20H,6-9H2,1H3. The lowest BCUT2D eigenvalue weighted by molar-refractivity contribution is -0.384. The third kappa shape index (κ3) is 3.94. The molecule has 0 spiro atoms. The van der Waals surface area contributed by atoms with Gasteiger partial charge in [0.15, 0.2) is 0 Å². The molecule has 0 aliphatic carbocycles. The lowest BCUT2D eigenvalue weighted by Crippen LogP contribution is -2.47. The van der Waals surface area contributed by atoms with Crippen LogP contribution in [-0.4, -0.2) is 60.8 Å². The van der Waals surface area contributed by atoms with E-state index in [0.29, 0.717) is 31.9 Å². The van der Waals surface area contributed by atoms with Crippen LogP contribution in [0.15, 0.2) is 46.8 Å². The zero-order valence-electron chi connectivity index (χ0n) is 15.6. The Morgan fingerprint density at radius 3 is 2.62 bits per heavy atom. The number of nitrogens with one attached hydrogen (secondary N) is 1. The number of likely N-dealkylation sites (N-methyl/N-ethyl adjacent to an activating group) is 1. The van der Waals surface area contributed by atoms with Crippen LogP contribution in [0.1, 0.15) is 0 Å². The van der Waals surface area contributed by atoms with Crippen molar-refractivity contribution in [2.24, 2.45) is 0 Å². The highest BCUT2D eigenvalue weighted by molar-refractivity contribution is 7.89. The number of hydrogen-bond acceptors (Lipinski definition) is 8. The van der Waals surface area contributed by atoms with Crippen molar-refractivity contribution in [3.63, 3.8) is 0 Å². The highest BCUT2D eigenvalue weighted by Gasteiger charge is 2.29. The van der Waals surface area contributed by atoms with Gasteiger partial charge in [0.2, 0.25) is 10.0 Å². The molecule has 1 aliphatic rings. The van der Waals surface area contributed by atoms with Gasteiger partial charge in [-0.25, -0.2) is 13.4 Å². The average Bonchev–Trinajstić information content (AvgIpc) is 3.16. The summed E-state index contributed by atoms with van der Waals surface area (Å²) < 4.78 is 28.2. The van der Waals surface area contributed by atoms with Crippen LogP contribution in [0.3, 0.4) is 0 Å². The van der Waals surface area contributed by atoms with E-state index in [4.69, 9.17) is 0 Å². The van der Waals surface area contributed by atoms with E-state index in [0.717, 1.165) is 16.3 Å². The maximum absolute atomic E-state index is 12.9. The molecule has 29 heavy (non-hydrogen) atoms. The Balaban J connectivity index is 1.65. The van der Waals surface area contributed by atoms with E-state index in [1.54, 1.807) is 11.6 Å². The summed E-state index contributed by atoms with van der Waals surface area (Å²) in [5.74, 6) is 0. The molecule has 4 rings (SSSR count). The number of anilines is 2. The van der Waals surface area contributed by atoms with E-state index in [1.165, 1.54) is 27.8 Å². The van der Waals surface area contributed by atoms with Crippen molar-refractivity contribution in [1.29, 1.82) is 0 Å². The van der Waals surface area contributed by atoms with Crippen molar-refractivity contribution < 1.29 is 13.3 Å². The van der Waals surface area contributed by atoms with E-state index in [2.05, 4.69) is 10.3 Å². The van der Waals surface area contributed by atoms with Gasteiger partial charge in [-0.1, -0.05) is 0 Å². The summed E-state index contributed by atoms with van der Waals surface area (Å²) in [4.78, 5) is 17.2. The highest BCUT2D eigenvalue weighted by atomic mass is 32.2. The van der Waals surface area contributed by atoms with E-state index in [1.807, 2.05) is 24.1 Å². The summed E-state index contributed by atoms with van der Waals surface area (Å²) in [5, 5.41) is 14.6. The molecule has 2 heterocycles. The molecular weight excluding hydrogens is 414 g/mol. The van der Waals surface area contributed by atoms with Crippen LogP contribution in [0.25, 0.3) is 10.2 Å². The van der Waals surface area contributed by atoms with Gasteiger partial charge >= 0.3 is 0 Å². The van der Waals surface area contributed by atoms with Gasteiger partial charge in [0.25, 0.3) is 5.69 Å². The number of aromatic nitrogens is 1. The van der Waals surface area contributed by atoms with Crippen LogP contribution in [-0.2, 0) is 10.0 Å². The predicted octanol–water partition coefficient (Wildman–Crippen LogP) is 2.88. The smallest absolute Gasteiger partial charge is 0.294 e. The number of nitrogens with zero attached hydrogens (tertiary/aromatic N) is 4. The molecular formula is C18H19N5O4S2. The van der Waals surface area contributed by atoms with Gasteiger partial charge in [-0.3, -0.25) is 10.1 Å². The SMILES string of the molecule is CN1CCN(S(=O)(=O)c2ccc(Nc3ccc4ncsc4c3)c([N+](=O)[O-])c2)CC1. The summed E-state index contributed by atoms with van der Waals surface area (Å²) in [6.07, 6.45) is 0. The van der Waals surface area contributed by atoms with Crippen molar-refractivity contribution >= 4 is 48.6 Å². The predicted molar refractivity (Wildman–Crippen MR) is 112 cm³/mol. The summed E-state index contributed by atoms with van der Waals surface area (Å²) in [5.41, 5.74) is 3.19. The number of nitro groups is 1.